The first kappa shape index (κ1) is 14.2. The molecule has 0 amide bonds. The van der Waals surface area contributed by atoms with E-state index in [9.17, 15) is 14.6 Å². The van der Waals surface area contributed by atoms with Crippen LogP contribution in [0.3, 0.4) is 0 Å². The lowest BCUT2D eigenvalue weighted by Crippen LogP contribution is -2.37. The van der Waals surface area contributed by atoms with Crippen molar-refractivity contribution in [3.05, 3.63) is 11.9 Å². The van der Waals surface area contributed by atoms with Crippen molar-refractivity contribution in [2.75, 3.05) is 12.3 Å². The van der Waals surface area contributed by atoms with Crippen molar-refractivity contribution in [2.45, 2.75) is 23.4 Å². The summed E-state index contributed by atoms with van der Waals surface area (Å²) in [7, 11) is 0. The molecule has 0 bridgehead atoms. The van der Waals surface area contributed by atoms with Crippen LogP contribution in [-0.2, 0) is 4.74 Å². The zero-order chi connectivity index (χ0) is 15.4. The lowest BCUT2D eigenvalue weighted by Gasteiger charge is -2.20. The minimum atomic E-state index is -2.70. The van der Waals surface area contributed by atoms with Gasteiger partial charge in [0.2, 0.25) is 16.7 Å². The van der Waals surface area contributed by atoms with E-state index in [2.05, 4.69) is 15.1 Å². The molecule has 2 unspecified atom stereocenters. The number of hydrogen-bond donors (Lipinski definition) is 4. The van der Waals surface area contributed by atoms with Crippen LogP contribution in [0.2, 0.25) is 0 Å². The zero-order valence-electron chi connectivity index (χ0n) is 10.4. The fourth-order valence-corrected chi connectivity index (χ4v) is 2.53. The van der Waals surface area contributed by atoms with Gasteiger partial charge in [-0.1, -0.05) is 11.6 Å². The van der Waals surface area contributed by atoms with Gasteiger partial charge in [-0.25, -0.2) is 13.9 Å². The van der Waals surface area contributed by atoms with Crippen LogP contribution in [0, 0.1) is 0 Å². The highest BCUT2D eigenvalue weighted by Crippen LogP contribution is 2.47. The number of alkyl halides is 2. The Morgan fingerprint density at radius 1 is 1.57 bits per heavy atom. The first-order valence-electron chi connectivity index (χ1n) is 5.88. The number of halogens is 2. The Kier molecular flexibility index (Phi) is 3.13. The van der Waals surface area contributed by atoms with Gasteiger partial charge in [0.15, 0.2) is 6.10 Å². The van der Waals surface area contributed by atoms with Gasteiger partial charge in [-0.2, -0.15) is 4.98 Å². The van der Waals surface area contributed by atoms with Crippen molar-refractivity contribution >= 4 is 23.2 Å². The predicted octanol–water partition coefficient (Wildman–Crippen LogP) is -0.890. The van der Waals surface area contributed by atoms with E-state index in [-0.39, 0.29) is 17.3 Å². The maximum Gasteiger partial charge on any atom is 0.260 e. The summed E-state index contributed by atoms with van der Waals surface area (Å²) in [5.41, 5.74) is 5.36. The summed E-state index contributed by atoms with van der Waals surface area (Å²) in [5, 5.41) is 29.5. The molecule has 3 rings (SSSR count). The normalized spacial score (nSPS) is 32.9. The highest BCUT2D eigenvalue weighted by molar-refractivity contribution is 6.24. The number of aromatic hydroxyl groups is 1. The maximum atomic E-state index is 14.5. The van der Waals surface area contributed by atoms with Crippen molar-refractivity contribution in [3.63, 3.8) is 0 Å². The van der Waals surface area contributed by atoms with Crippen molar-refractivity contribution in [3.8, 4) is 5.88 Å². The topological polar surface area (TPSA) is 139 Å². The maximum absolute atomic E-state index is 14.5. The molecule has 2 aromatic heterocycles. The molecule has 11 heteroatoms. The Hall–Kier alpha value is -1.75. The second kappa shape index (κ2) is 4.63. The summed E-state index contributed by atoms with van der Waals surface area (Å²) in [4.78, 5) is 7.33. The molecule has 21 heavy (non-hydrogen) atoms. The molecule has 3 heterocycles. The van der Waals surface area contributed by atoms with E-state index in [1.54, 1.807) is 0 Å². The van der Waals surface area contributed by atoms with Gasteiger partial charge in [0, 0.05) is 0 Å². The van der Waals surface area contributed by atoms with Gasteiger partial charge in [0.1, 0.15) is 12.2 Å². The van der Waals surface area contributed by atoms with Crippen LogP contribution in [0.25, 0.3) is 5.65 Å². The first-order valence-corrected chi connectivity index (χ1v) is 6.26. The number of aromatic nitrogens is 4. The second-order valence-corrected chi connectivity index (χ2v) is 5.15. The SMILES string of the molecule is Nc1nc(O)c2ncc([C@@H]3O[C@H](CO)C(O)C3(F)Cl)n2n1. The Bertz CT molecular complexity index is 695. The number of rotatable bonds is 2. The molecule has 0 saturated carbocycles. The third-order valence-electron chi connectivity index (χ3n) is 3.24. The van der Waals surface area contributed by atoms with Crippen LogP contribution >= 0.6 is 11.6 Å². The second-order valence-electron chi connectivity index (χ2n) is 4.57. The molecule has 1 aliphatic rings. The van der Waals surface area contributed by atoms with Gasteiger partial charge in [-0.05, 0) is 0 Å². The third-order valence-corrected chi connectivity index (χ3v) is 3.66. The average molecular weight is 320 g/mol. The molecule has 5 N–H and O–H groups in total. The lowest BCUT2D eigenvalue weighted by atomic mass is 10.1. The number of nitrogen functional groups attached to an aromatic ring is 1. The highest BCUT2D eigenvalue weighted by atomic mass is 35.5. The van der Waals surface area contributed by atoms with Crippen LogP contribution in [0.4, 0.5) is 10.3 Å². The summed E-state index contributed by atoms with van der Waals surface area (Å²) in [6.07, 6.45) is -3.24. The van der Waals surface area contributed by atoms with Gasteiger partial charge in [-0.15, -0.1) is 5.10 Å². The fourth-order valence-electron chi connectivity index (χ4n) is 2.23. The summed E-state index contributed by atoms with van der Waals surface area (Å²) in [5.74, 6) is -0.763. The Balaban J connectivity index is 2.13. The number of anilines is 1. The molecule has 1 saturated heterocycles. The number of hydrogen-bond acceptors (Lipinski definition) is 8. The van der Waals surface area contributed by atoms with E-state index in [1.165, 1.54) is 0 Å². The van der Waals surface area contributed by atoms with E-state index in [4.69, 9.17) is 27.2 Å². The average Bonchev–Trinajstić information content (AvgIpc) is 2.91. The lowest BCUT2D eigenvalue weighted by molar-refractivity contribution is -0.0242. The van der Waals surface area contributed by atoms with Gasteiger partial charge in [0.05, 0.1) is 18.5 Å². The molecule has 0 aliphatic carbocycles. The fraction of sp³-hybridized carbons (Fsp3) is 0.500. The van der Waals surface area contributed by atoms with Gasteiger partial charge >= 0.3 is 0 Å². The van der Waals surface area contributed by atoms with Crippen molar-refractivity contribution < 1.29 is 24.4 Å². The van der Waals surface area contributed by atoms with Crippen LogP contribution in [0.15, 0.2) is 6.20 Å². The monoisotopic (exact) mass is 319 g/mol. The molecule has 2 aromatic rings. The largest absolute Gasteiger partial charge is 0.491 e. The molecule has 0 spiro atoms. The minimum absolute atomic E-state index is 0.0156. The Morgan fingerprint density at radius 3 is 2.90 bits per heavy atom. The van der Waals surface area contributed by atoms with Crippen LogP contribution in [0.1, 0.15) is 11.8 Å². The van der Waals surface area contributed by atoms with E-state index >= 15 is 0 Å². The summed E-state index contributed by atoms with van der Waals surface area (Å²) >= 11 is 5.70. The standard InChI is InChI=1S/C10H11ClFN5O4/c11-10(12)5(19)4(2-18)21-6(10)3-1-14-7-8(20)15-9(13)16-17(3)7/h1,4-6,18-19H,2H2,(H3,13,15,16,20)/t4-,5?,6+,10?/m1/s1. The predicted molar refractivity (Wildman–Crippen MR) is 67.3 cm³/mol. The van der Waals surface area contributed by atoms with E-state index in [0.717, 1.165) is 10.7 Å². The number of nitrogens with zero attached hydrogens (tertiary/aromatic N) is 4. The van der Waals surface area contributed by atoms with Crippen LogP contribution < -0.4 is 5.73 Å². The van der Waals surface area contributed by atoms with Gasteiger partial charge in [0.25, 0.3) is 5.88 Å². The smallest absolute Gasteiger partial charge is 0.260 e. The Labute approximate surface area is 121 Å². The van der Waals surface area contributed by atoms with E-state index < -0.39 is 35.9 Å². The number of aliphatic hydroxyl groups is 2. The summed E-state index contributed by atoms with van der Waals surface area (Å²) in [6, 6.07) is 0. The third kappa shape index (κ3) is 1.99. The van der Waals surface area contributed by atoms with Gasteiger partial charge in [-0.3, -0.25) is 0 Å². The minimum Gasteiger partial charge on any atom is -0.491 e. The zero-order valence-corrected chi connectivity index (χ0v) is 11.1. The van der Waals surface area contributed by atoms with Crippen molar-refractivity contribution in [1.29, 1.82) is 0 Å². The highest BCUT2D eigenvalue weighted by Gasteiger charge is 2.57. The summed E-state index contributed by atoms with van der Waals surface area (Å²) in [6.45, 7) is -0.616. The number of aliphatic hydroxyl groups excluding tert-OH is 2. The molecular weight excluding hydrogens is 309 g/mol. The number of ether oxygens (including phenoxy) is 1. The molecular formula is C10H11ClFN5O4. The van der Waals surface area contributed by atoms with Crippen molar-refractivity contribution in [2.24, 2.45) is 0 Å². The molecule has 9 nitrogen and oxygen atoms in total. The number of fused-ring (bicyclic) bond motifs is 1. The van der Waals surface area contributed by atoms with Crippen LogP contribution in [-0.4, -0.2) is 58.8 Å². The quantitative estimate of drug-likeness (QED) is 0.523. The number of nitrogens with two attached hydrogens (primary N) is 1. The molecule has 0 radical (unpaired) electrons. The molecule has 0 aromatic carbocycles. The molecule has 1 aliphatic heterocycles. The summed E-state index contributed by atoms with van der Waals surface area (Å²) < 4.78 is 20.7. The van der Waals surface area contributed by atoms with E-state index in [0.29, 0.717) is 0 Å². The first-order chi connectivity index (χ1) is 9.86. The van der Waals surface area contributed by atoms with Crippen LogP contribution in [0.5, 0.6) is 5.88 Å². The number of imidazole rings is 1. The van der Waals surface area contributed by atoms with Crippen molar-refractivity contribution in [1.82, 2.24) is 19.6 Å². The molecule has 114 valence electrons. The molecule has 1 fully saturated rings. The molecule has 4 atom stereocenters. The Morgan fingerprint density at radius 2 is 2.29 bits per heavy atom. The van der Waals surface area contributed by atoms with Gasteiger partial charge < -0.3 is 25.8 Å². The van der Waals surface area contributed by atoms with E-state index in [1.807, 2.05) is 0 Å².